The van der Waals surface area contributed by atoms with Crippen molar-refractivity contribution in [2.45, 2.75) is 13.8 Å². The number of halogens is 1. The first kappa shape index (κ1) is 11.9. The van der Waals surface area contributed by atoms with Crippen molar-refractivity contribution in [2.75, 3.05) is 4.90 Å². The SMILES string of the molecule is CC1C(=O)N(c2ccc(O)cc2Cl)C(=O)C1C. The average Bonchev–Trinajstić information content (AvgIpc) is 2.45. The summed E-state index contributed by atoms with van der Waals surface area (Å²) < 4.78 is 0. The number of amides is 2. The van der Waals surface area contributed by atoms with Gasteiger partial charge in [-0.1, -0.05) is 25.4 Å². The van der Waals surface area contributed by atoms with Crippen molar-refractivity contribution in [3.8, 4) is 5.75 Å². The first-order valence-corrected chi connectivity index (χ1v) is 5.67. The number of nitrogens with zero attached hydrogens (tertiary/aromatic N) is 1. The number of hydrogen-bond donors (Lipinski definition) is 1. The van der Waals surface area contributed by atoms with Gasteiger partial charge >= 0.3 is 0 Å². The minimum atomic E-state index is -0.340. The number of benzene rings is 1. The van der Waals surface area contributed by atoms with Gasteiger partial charge in [0.15, 0.2) is 0 Å². The van der Waals surface area contributed by atoms with Gasteiger partial charge in [-0.05, 0) is 12.1 Å². The van der Waals surface area contributed by atoms with Crippen molar-refractivity contribution >= 4 is 29.1 Å². The smallest absolute Gasteiger partial charge is 0.237 e. The van der Waals surface area contributed by atoms with Crippen LogP contribution in [0.15, 0.2) is 18.2 Å². The van der Waals surface area contributed by atoms with Gasteiger partial charge in [-0.2, -0.15) is 0 Å². The average molecular weight is 254 g/mol. The van der Waals surface area contributed by atoms with E-state index in [1.807, 2.05) is 0 Å². The van der Waals surface area contributed by atoms with Gasteiger partial charge in [0.1, 0.15) is 5.75 Å². The number of imide groups is 1. The molecule has 1 aromatic carbocycles. The Hall–Kier alpha value is -1.55. The molecule has 0 bridgehead atoms. The minimum Gasteiger partial charge on any atom is -0.508 e. The van der Waals surface area contributed by atoms with Crippen LogP contribution in [0, 0.1) is 11.8 Å². The summed E-state index contributed by atoms with van der Waals surface area (Å²) in [6.07, 6.45) is 0. The highest BCUT2D eigenvalue weighted by molar-refractivity contribution is 6.36. The second kappa shape index (κ2) is 4.04. The third-order valence-corrected chi connectivity index (χ3v) is 3.44. The molecule has 1 fully saturated rings. The fraction of sp³-hybridized carbons (Fsp3) is 0.333. The Labute approximate surface area is 104 Å². The van der Waals surface area contributed by atoms with Gasteiger partial charge in [-0.3, -0.25) is 9.59 Å². The van der Waals surface area contributed by atoms with Crippen molar-refractivity contribution < 1.29 is 14.7 Å². The van der Waals surface area contributed by atoms with Gasteiger partial charge < -0.3 is 5.11 Å². The lowest BCUT2D eigenvalue weighted by atomic mass is 10.00. The summed E-state index contributed by atoms with van der Waals surface area (Å²) in [4.78, 5) is 25.0. The standard InChI is InChI=1S/C12H12ClNO3/c1-6-7(2)12(17)14(11(6)16)10-4-3-8(15)5-9(10)13/h3-7,15H,1-2H3. The lowest BCUT2D eigenvalue weighted by Crippen LogP contribution is -2.30. The van der Waals surface area contributed by atoms with Crippen LogP contribution in [0.25, 0.3) is 0 Å². The molecule has 0 spiro atoms. The molecule has 4 nitrogen and oxygen atoms in total. The molecule has 1 aromatic rings. The second-order valence-corrected chi connectivity index (χ2v) is 4.63. The van der Waals surface area contributed by atoms with Crippen LogP contribution in [0.1, 0.15) is 13.8 Å². The summed E-state index contributed by atoms with van der Waals surface area (Å²) in [5.74, 6) is -1.19. The molecule has 2 atom stereocenters. The van der Waals surface area contributed by atoms with Gasteiger partial charge in [-0.15, -0.1) is 0 Å². The molecule has 2 rings (SSSR count). The predicted octanol–water partition coefficient (Wildman–Crippen LogP) is 2.19. The Morgan fingerprint density at radius 1 is 1.18 bits per heavy atom. The molecule has 0 aliphatic carbocycles. The number of carbonyl (C=O) groups excluding carboxylic acids is 2. The number of carbonyl (C=O) groups is 2. The van der Waals surface area contributed by atoms with Crippen LogP contribution in [0.3, 0.4) is 0 Å². The normalized spacial score (nSPS) is 24.5. The Morgan fingerprint density at radius 2 is 1.71 bits per heavy atom. The Balaban J connectivity index is 2.47. The molecular formula is C12H12ClNO3. The van der Waals surface area contributed by atoms with E-state index in [9.17, 15) is 14.7 Å². The van der Waals surface area contributed by atoms with Gasteiger partial charge in [0, 0.05) is 17.9 Å². The zero-order valence-electron chi connectivity index (χ0n) is 9.48. The second-order valence-electron chi connectivity index (χ2n) is 4.22. The molecule has 0 aromatic heterocycles. The maximum Gasteiger partial charge on any atom is 0.237 e. The first-order valence-electron chi connectivity index (χ1n) is 5.30. The fourth-order valence-electron chi connectivity index (χ4n) is 1.86. The molecule has 0 saturated carbocycles. The molecule has 0 radical (unpaired) electrons. The van der Waals surface area contributed by atoms with E-state index < -0.39 is 0 Å². The number of phenols is 1. The molecule has 1 aliphatic heterocycles. The molecular weight excluding hydrogens is 242 g/mol. The third-order valence-electron chi connectivity index (χ3n) is 3.14. The van der Waals surface area contributed by atoms with Crippen LogP contribution in [0.4, 0.5) is 5.69 Å². The number of phenolic OH excluding ortho intramolecular Hbond substituents is 1. The van der Waals surface area contributed by atoms with Crippen LogP contribution in [-0.2, 0) is 9.59 Å². The van der Waals surface area contributed by atoms with Crippen molar-refractivity contribution in [1.29, 1.82) is 0 Å². The van der Waals surface area contributed by atoms with Crippen LogP contribution >= 0.6 is 11.6 Å². The molecule has 1 N–H and O–H groups in total. The predicted molar refractivity (Wildman–Crippen MR) is 63.9 cm³/mol. The van der Waals surface area contributed by atoms with E-state index in [0.29, 0.717) is 5.69 Å². The minimum absolute atomic E-state index is 0.000980. The third kappa shape index (κ3) is 1.78. The Kier molecular flexibility index (Phi) is 2.83. The fourth-order valence-corrected chi connectivity index (χ4v) is 2.12. The Bertz CT molecular complexity index is 481. The molecule has 1 saturated heterocycles. The van der Waals surface area contributed by atoms with Gasteiger partial charge in [0.25, 0.3) is 0 Å². The topological polar surface area (TPSA) is 57.6 Å². The summed E-state index contributed by atoms with van der Waals surface area (Å²) in [5.41, 5.74) is 0.329. The number of aromatic hydroxyl groups is 1. The van der Waals surface area contributed by atoms with Crippen LogP contribution in [0.2, 0.25) is 5.02 Å². The lowest BCUT2D eigenvalue weighted by molar-refractivity contribution is -0.122. The molecule has 5 heteroatoms. The molecule has 1 heterocycles. The zero-order valence-corrected chi connectivity index (χ0v) is 10.2. The summed E-state index contributed by atoms with van der Waals surface area (Å²) in [6.45, 7) is 3.44. The highest BCUT2D eigenvalue weighted by Gasteiger charge is 2.43. The van der Waals surface area contributed by atoms with Crippen molar-refractivity contribution in [3.63, 3.8) is 0 Å². The lowest BCUT2D eigenvalue weighted by Gasteiger charge is -2.16. The monoisotopic (exact) mass is 253 g/mol. The van der Waals surface area contributed by atoms with Gasteiger partial charge in [-0.25, -0.2) is 4.90 Å². The summed E-state index contributed by atoms with van der Waals surface area (Å²) in [6, 6.07) is 4.18. The summed E-state index contributed by atoms with van der Waals surface area (Å²) in [7, 11) is 0. The van der Waals surface area contributed by atoms with E-state index in [1.165, 1.54) is 18.2 Å². The maximum absolute atomic E-state index is 11.9. The van der Waals surface area contributed by atoms with Crippen molar-refractivity contribution in [1.82, 2.24) is 0 Å². The van der Waals surface area contributed by atoms with Crippen LogP contribution in [-0.4, -0.2) is 16.9 Å². The van der Waals surface area contributed by atoms with E-state index in [4.69, 9.17) is 11.6 Å². The molecule has 90 valence electrons. The van der Waals surface area contributed by atoms with Gasteiger partial charge in [0.2, 0.25) is 11.8 Å². The van der Waals surface area contributed by atoms with Crippen LogP contribution in [0.5, 0.6) is 5.75 Å². The van der Waals surface area contributed by atoms with Gasteiger partial charge in [0.05, 0.1) is 10.7 Å². The largest absolute Gasteiger partial charge is 0.508 e. The van der Waals surface area contributed by atoms with E-state index in [-0.39, 0.29) is 34.4 Å². The van der Waals surface area contributed by atoms with E-state index in [1.54, 1.807) is 13.8 Å². The molecule has 1 aliphatic rings. The maximum atomic E-state index is 11.9. The van der Waals surface area contributed by atoms with Crippen molar-refractivity contribution in [3.05, 3.63) is 23.2 Å². The first-order chi connectivity index (χ1) is 7.93. The summed E-state index contributed by atoms with van der Waals surface area (Å²) >= 11 is 5.93. The molecule has 2 unspecified atom stereocenters. The molecule has 17 heavy (non-hydrogen) atoms. The highest BCUT2D eigenvalue weighted by Crippen LogP contribution is 2.36. The quantitative estimate of drug-likeness (QED) is 0.781. The number of hydrogen-bond acceptors (Lipinski definition) is 3. The zero-order chi connectivity index (χ0) is 12.7. The molecule has 2 amide bonds. The van der Waals surface area contributed by atoms with Crippen LogP contribution < -0.4 is 4.90 Å². The highest BCUT2D eigenvalue weighted by atomic mass is 35.5. The number of rotatable bonds is 1. The summed E-state index contributed by atoms with van der Waals surface area (Å²) in [5, 5.41) is 9.43. The van der Waals surface area contributed by atoms with E-state index in [2.05, 4.69) is 0 Å². The van der Waals surface area contributed by atoms with E-state index in [0.717, 1.165) is 4.90 Å². The van der Waals surface area contributed by atoms with E-state index >= 15 is 0 Å². The number of anilines is 1. The van der Waals surface area contributed by atoms with Crippen molar-refractivity contribution in [2.24, 2.45) is 11.8 Å². The Morgan fingerprint density at radius 3 is 2.18 bits per heavy atom.